The van der Waals surface area contributed by atoms with Crippen LogP contribution in [0.25, 0.3) is 0 Å². The molecule has 0 atom stereocenters. The highest BCUT2D eigenvalue weighted by molar-refractivity contribution is 6.77. The fourth-order valence-corrected chi connectivity index (χ4v) is 3.12. The van der Waals surface area contributed by atoms with Gasteiger partial charge < -0.3 is 4.12 Å². The van der Waals surface area contributed by atoms with Crippen molar-refractivity contribution in [3.05, 3.63) is 0 Å². The number of rotatable bonds is 2. The summed E-state index contributed by atoms with van der Waals surface area (Å²) < 4.78 is 38.4. The first-order valence-corrected chi connectivity index (χ1v) is 7.43. The maximum atomic E-state index is 11.5. The SMILES string of the molecule is C[Si](C)(C)O[Si](F)(F)F. The molecule has 0 bridgehead atoms. The molecule has 0 amide bonds. The van der Waals surface area contributed by atoms with Crippen LogP contribution in [-0.4, -0.2) is 17.6 Å². The molecular weight excluding hydrogens is 165 g/mol. The summed E-state index contributed by atoms with van der Waals surface area (Å²) in [7, 11) is -8.09. The zero-order valence-electron chi connectivity index (χ0n) is 5.54. The standard InChI is InChI=1S/C3H9F3OSi2/c1-8(2,3)7-9(4,5)6/h1-3H3. The molecule has 0 saturated carbocycles. The summed E-state index contributed by atoms with van der Waals surface area (Å²) in [4.78, 5) is 0. The largest absolute Gasteiger partial charge is 0.791 e. The number of hydrogen-bond donors (Lipinski definition) is 0. The zero-order valence-corrected chi connectivity index (χ0v) is 7.54. The van der Waals surface area contributed by atoms with Crippen molar-refractivity contribution in [2.45, 2.75) is 19.6 Å². The quantitative estimate of drug-likeness (QED) is 0.460. The van der Waals surface area contributed by atoms with Crippen LogP contribution in [0, 0.1) is 0 Å². The van der Waals surface area contributed by atoms with Crippen LogP contribution in [0.2, 0.25) is 19.6 Å². The summed E-state index contributed by atoms with van der Waals surface area (Å²) in [5, 5.41) is 0. The van der Waals surface area contributed by atoms with Gasteiger partial charge in [-0.25, -0.2) is 12.3 Å². The van der Waals surface area contributed by atoms with Gasteiger partial charge in [0.2, 0.25) is 0 Å². The van der Waals surface area contributed by atoms with Crippen molar-refractivity contribution in [2.75, 3.05) is 0 Å². The second-order valence-electron chi connectivity index (χ2n) is 2.66. The summed E-state index contributed by atoms with van der Waals surface area (Å²) in [6, 6.07) is 0. The smallest absolute Gasteiger partial charge is 0.385 e. The number of hydrogen-bond acceptors (Lipinski definition) is 1. The molecule has 56 valence electrons. The maximum Gasteiger partial charge on any atom is 0.791 e. The van der Waals surface area contributed by atoms with Gasteiger partial charge in [-0.2, -0.15) is 0 Å². The van der Waals surface area contributed by atoms with Crippen molar-refractivity contribution in [3.63, 3.8) is 0 Å². The molecular formula is C3H9F3OSi2. The Bertz CT molecular complexity index is 82.2. The Morgan fingerprint density at radius 2 is 1.33 bits per heavy atom. The second-order valence-corrected chi connectivity index (χ2v) is 8.59. The van der Waals surface area contributed by atoms with Gasteiger partial charge in [-0.15, -0.1) is 0 Å². The molecule has 0 aromatic heterocycles. The van der Waals surface area contributed by atoms with E-state index in [2.05, 4.69) is 4.12 Å². The molecule has 0 spiro atoms. The molecule has 0 aliphatic rings. The van der Waals surface area contributed by atoms with E-state index in [0.717, 1.165) is 0 Å². The van der Waals surface area contributed by atoms with Crippen molar-refractivity contribution in [1.29, 1.82) is 0 Å². The van der Waals surface area contributed by atoms with Gasteiger partial charge in [-0.1, -0.05) is 0 Å². The van der Waals surface area contributed by atoms with Crippen LogP contribution in [0.5, 0.6) is 0 Å². The van der Waals surface area contributed by atoms with Crippen LogP contribution in [0.3, 0.4) is 0 Å². The van der Waals surface area contributed by atoms with E-state index >= 15 is 0 Å². The van der Waals surface area contributed by atoms with E-state index in [1.165, 1.54) is 19.6 Å². The maximum absolute atomic E-state index is 11.5. The lowest BCUT2D eigenvalue weighted by molar-refractivity contribution is 0.293. The van der Waals surface area contributed by atoms with Crippen molar-refractivity contribution < 1.29 is 16.4 Å². The Balaban J connectivity index is 3.75. The van der Waals surface area contributed by atoms with E-state index < -0.39 is 17.6 Å². The molecule has 0 aliphatic carbocycles. The predicted molar refractivity (Wildman–Crippen MR) is 33.5 cm³/mol. The highest BCUT2D eigenvalue weighted by Crippen LogP contribution is 2.16. The first kappa shape index (κ1) is 9.18. The Hall–Kier alpha value is 0.184. The van der Waals surface area contributed by atoms with Crippen molar-refractivity contribution >= 4 is 17.6 Å². The molecule has 0 N–H and O–H groups in total. The zero-order chi connectivity index (χ0) is 7.71. The third-order valence-electron chi connectivity index (χ3n) is 0.422. The minimum absolute atomic E-state index is 1.52. The van der Waals surface area contributed by atoms with Gasteiger partial charge in [0.25, 0.3) is 0 Å². The summed E-state index contributed by atoms with van der Waals surface area (Å²) in [5.74, 6) is 0. The van der Waals surface area contributed by atoms with Gasteiger partial charge in [0.05, 0.1) is 0 Å². The average molecular weight is 174 g/mol. The lowest BCUT2D eigenvalue weighted by atomic mass is 11.8. The Morgan fingerprint density at radius 1 is 1.00 bits per heavy atom. The van der Waals surface area contributed by atoms with E-state index in [1.807, 2.05) is 0 Å². The molecule has 0 aromatic rings. The summed E-state index contributed by atoms with van der Waals surface area (Å²) >= 11 is 0. The third-order valence-corrected chi connectivity index (χ3v) is 3.80. The first-order chi connectivity index (χ1) is 3.71. The molecule has 0 saturated heterocycles. The van der Waals surface area contributed by atoms with Gasteiger partial charge in [0.1, 0.15) is 0 Å². The molecule has 0 radical (unpaired) electrons. The van der Waals surface area contributed by atoms with Gasteiger partial charge in [0, 0.05) is 0 Å². The van der Waals surface area contributed by atoms with Crippen molar-refractivity contribution in [3.8, 4) is 0 Å². The Morgan fingerprint density at radius 3 is 1.33 bits per heavy atom. The highest BCUT2D eigenvalue weighted by atomic mass is 28.5. The number of halogens is 3. The van der Waals surface area contributed by atoms with Crippen LogP contribution in [0.1, 0.15) is 0 Å². The molecule has 0 aromatic carbocycles. The predicted octanol–water partition coefficient (Wildman–Crippen LogP) is 2.18. The minimum Gasteiger partial charge on any atom is -0.385 e. The Kier molecular flexibility index (Phi) is 2.48. The van der Waals surface area contributed by atoms with Crippen LogP contribution in [0.4, 0.5) is 12.3 Å². The Labute approximate surface area is 54.6 Å². The monoisotopic (exact) mass is 174 g/mol. The average Bonchev–Trinajstić information content (AvgIpc) is 1.14. The van der Waals surface area contributed by atoms with E-state index in [-0.39, 0.29) is 0 Å². The van der Waals surface area contributed by atoms with E-state index in [4.69, 9.17) is 0 Å². The second kappa shape index (κ2) is 2.43. The molecule has 0 heterocycles. The topological polar surface area (TPSA) is 9.23 Å². The summed E-state index contributed by atoms with van der Waals surface area (Å²) in [6.45, 7) is 4.56. The lowest BCUT2D eigenvalue weighted by Gasteiger charge is -2.16. The molecule has 0 fully saturated rings. The molecule has 1 nitrogen and oxygen atoms in total. The van der Waals surface area contributed by atoms with Crippen molar-refractivity contribution in [1.82, 2.24) is 0 Å². The summed E-state index contributed by atoms with van der Waals surface area (Å²) in [5.41, 5.74) is 0. The van der Waals surface area contributed by atoms with Gasteiger partial charge in [-0.3, -0.25) is 0 Å². The minimum atomic E-state index is -5.73. The van der Waals surface area contributed by atoms with E-state index in [0.29, 0.717) is 0 Å². The van der Waals surface area contributed by atoms with Crippen LogP contribution >= 0.6 is 0 Å². The van der Waals surface area contributed by atoms with Crippen LogP contribution in [-0.2, 0) is 4.12 Å². The highest BCUT2D eigenvalue weighted by Gasteiger charge is 2.45. The normalized spacial score (nSPS) is 14.0. The van der Waals surface area contributed by atoms with Crippen LogP contribution in [0.15, 0.2) is 0 Å². The fraction of sp³-hybridized carbons (Fsp3) is 1.00. The third kappa shape index (κ3) is 8.18. The molecule has 0 rings (SSSR count). The molecule has 6 heteroatoms. The fourth-order valence-electron chi connectivity index (χ4n) is 0.347. The van der Waals surface area contributed by atoms with Crippen molar-refractivity contribution in [2.24, 2.45) is 0 Å². The van der Waals surface area contributed by atoms with Gasteiger partial charge in [-0.05, 0) is 19.6 Å². The molecule has 0 unspecified atom stereocenters. The van der Waals surface area contributed by atoms with Gasteiger partial charge in [0.15, 0.2) is 8.32 Å². The van der Waals surface area contributed by atoms with Crippen LogP contribution < -0.4 is 0 Å². The molecule has 9 heavy (non-hydrogen) atoms. The first-order valence-electron chi connectivity index (χ1n) is 2.48. The lowest BCUT2D eigenvalue weighted by Crippen LogP contribution is -2.37. The van der Waals surface area contributed by atoms with E-state index in [9.17, 15) is 12.3 Å². The van der Waals surface area contributed by atoms with Gasteiger partial charge >= 0.3 is 9.32 Å². The van der Waals surface area contributed by atoms with E-state index in [1.54, 1.807) is 0 Å². The summed E-state index contributed by atoms with van der Waals surface area (Å²) in [6.07, 6.45) is 0. The molecule has 0 aliphatic heterocycles.